The first-order chi connectivity index (χ1) is 13.5. The highest BCUT2D eigenvalue weighted by atomic mass is 32.2. The smallest absolute Gasteiger partial charge is 0.243 e. The predicted molar refractivity (Wildman–Crippen MR) is 107 cm³/mol. The van der Waals surface area contributed by atoms with E-state index in [-0.39, 0.29) is 29.9 Å². The molecule has 0 fully saturated rings. The largest absolute Gasteiger partial charge is 0.336 e. The fourth-order valence-corrected chi connectivity index (χ4v) is 3.74. The highest BCUT2D eigenvalue weighted by Gasteiger charge is 2.15. The average Bonchev–Trinajstić information content (AvgIpc) is 3.34. The van der Waals surface area contributed by atoms with Crippen molar-refractivity contribution in [2.24, 2.45) is 0 Å². The number of likely N-dealkylation sites (N-methyl/N-ethyl adjacent to an activating group) is 1. The molecule has 0 bridgehead atoms. The molecule has 0 aliphatic heterocycles. The highest BCUT2D eigenvalue weighted by molar-refractivity contribution is 7.99. The van der Waals surface area contributed by atoms with Gasteiger partial charge in [-0.3, -0.25) is 14.7 Å². The number of hydrogen-bond acceptors (Lipinski definition) is 6. The van der Waals surface area contributed by atoms with Crippen LogP contribution >= 0.6 is 23.1 Å². The number of nitrogens with zero attached hydrogens (tertiary/aromatic N) is 3. The molecule has 2 N–H and O–H groups in total. The lowest BCUT2D eigenvalue weighted by Crippen LogP contribution is -2.35. The van der Waals surface area contributed by atoms with Crippen LogP contribution in [0.15, 0.2) is 46.9 Å². The molecule has 3 aromatic rings. The summed E-state index contributed by atoms with van der Waals surface area (Å²) in [6, 6.07) is 9.43. The summed E-state index contributed by atoms with van der Waals surface area (Å²) in [4.78, 5) is 31.1. The Balaban J connectivity index is 1.43. The predicted octanol–water partition coefficient (Wildman–Crippen LogP) is 2.79. The van der Waals surface area contributed by atoms with Crippen molar-refractivity contribution in [3.05, 3.63) is 58.3 Å². The molecule has 2 aromatic heterocycles. The number of anilines is 1. The molecule has 0 aliphatic carbocycles. The Morgan fingerprint density at radius 3 is 2.79 bits per heavy atom. The van der Waals surface area contributed by atoms with Gasteiger partial charge in [-0.2, -0.15) is 0 Å². The van der Waals surface area contributed by atoms with Gasteiger partial charge in [0.05, 0.1) is 12.3 Å². The number of amides is 2. The van der Waals surface area contributed by atoms with Crippen LogP contribution in [-0.2, 0) is 16.0 Å². The van der Waals surface area contributed by atoms with Crippen LogP contribution in [0.5, 0.6) is 0 Å². The van der Waals surface area contributed by atoms with Crippen molar-refractivity contribution >= 4 is 40.6 Å². The van der Waals surface area contributed by atoms with Crippen molar-refractivity contribution < 1.29 is 14.0 Å². The molecule has 146 valence electrons. The maximum absolute atomic E-state index is 12.9. The Morgan fingerprint density at radius 2 is 2.07 bits per heavy atom. The Labute approximate surface area is 169 Å². The summed E-state index contributed by atoms with van der Waals surface area (Å²) in [7, 11) is 1.55. The van der Waals surface area contributed by atoms with Crippen LogP contribution < -0.4 is 5.32 Å². The molecule has 10 heteroatoms. The normalized spacial score (nSPS) is 10.6. The zero-order valence-electron chi connectivity index (χ0n) is 15.0. The molecule has 2 heterocycles. The van der Waals surface area contributed by atoms with Gasteiger partial charge in [-0.05, 0) is 35.7 Å². The van der Waals surface area contributed by atoms with Gasteiger partial charge in [0.25, 0.3) is 0 Å². The maximum atomic E-state index is 12.9. The van der Waals surface area contributed by atoms with E-state index in [1.165, 1.54) is 45.8 Å². The Bertz CT molecular complexity index is 928. The number of rotatable bonds is 8. The van der Waals surface area contributed by atoms with Gasteiger partial charge in [0.2, 0.25) is 17.0 Å². The third-order valence-electron chi connectivity index (χ3n) is 3.69. The van der Waals surface area contributed by atoms with Gasteiger partial charge in [0.1, 0.15) is 11.6 Å². The molecule has 28 heavy (non-hydrogen) atoms. The summed E-state index contributed by atoms with van der Waals surface area (Å²) in [5.74, 6) is -0.0962. The number of carbonyl (C=O) groups is 2. The van der Waals surface area contributed by atoms with Crippen LogP contribution in [0.1, 0.15) is 10.7 Å². The Hall–Kier alpha value is -2.72. The number of carbonyl (C=O) groups excluding carboxylic acids is 2. The number of aromatic nitrogens is 3. The minimum atomic E-state index is -0.382. The number of benzene rings is 1. The van der Waals surface area contributed by atoms with Crippen molar-refractivity contribution in [2.75, 3.05) is 24.7 Å². The quantitative estimate of drug-likeness (QED) is 0.548. The number of thiophene rings is 1. The number of thioether (sulfide) groups is 1. The van der Waals surface area contributed by atoms with Crippen molar-refractivity contribution in [3.63, 3.8) is 0 Å². The van der Waals surface area contributed by atoms with Gasteiger partial charge >= 0.3 is 0 Å². The molecule has 0 spiro atoms. The summed E-state index contributed by atoms with van der Waals surface area (Å²) in [6.45, 7) is -0.103. The van der Waals surface area contributed by atoms with Gasteiger partial charge in [0, 0.05) is 24.0 Å². The van der Waals surface area contributed by atoms with Crippen LogP contribution in [0.25, 0.3) is 0 Å². The molecule has 7 nitrogen and oxygen atoms in total. The number of hydrogen-bond donors (Lipinski definition) is 2. The second kappa shape index (κ2) is 9.47. The summed E-state index contributed by atoms with van der Waals surface area (Å²) < 4.78 is 12.9. The fourth-order valence-electron chi connectivity index (χ4n) is 2.27. The molecule has 0 radical (unpaired) electrons. The Kier molecular flexibility index (Phi) is 6.77. The zero-order chi connectivity index (χ0) is 19.9. The molecule has 0 atom stereocenters. The van der Waals surface area contributed by atoms with Crippen LogP contribution in [0.2, 0.25) is 0 Å². The molecular formula is C18H18FN5O2S2. The van der Waals surface area contributed by atoms with Crippen LogP contribution in [-0.4, -0.2) is 51.2 Å². The molecular weight excluding hydrogens is 401 g/mol. The lowest BCUT2D eigenvalue weighted by atomic mass is 10.3. The Morgan fingerprint density at radius 1 is 1.29 bits per heavy atom. The van der Waals surface area contributed by atoms with Crippen LogP contribution in [0.3, 0.4) is 0 Å². The molecule has 3 rings (SSSR count). The number of aromatic amines is 1. The minimum absolute atomic E-state index is 0.103. The maximum Gasteiger partial charge on any atom is 0.243 e. The van der Waals surface area contributed by atoms with Gasteiger partial charge in [-0.25, -0.2) is 9.37 Å². The molecule has 0 saturated carbocycles. The first-order valence-electron chi connectivity index (χ1n) is 8.35. The zero-order valence-corrected chi connectivity index (χ0v) is 16.6. The van der Waals surface area contributed by atoms with E-state index >= 15 is 0 Å². The van der Waals surface area contributed by atoms with E-state index in [9.17, 15) is 14.0 Å². The van der Waals surface area contributed by atoms with E-state index in [1.54, 1.807) is 18.4 Å². The van der Waals surface area contributed by atoms with E-state index < -0.39 is 0 Å². The second-order valence-corrected chi connectivity index (χ2v) is 7.89. The van der Waals surface area contributed by atoms with Gasteiger partial charge < -0.3 is 10.2 Å². The number of H-pyrrole nitrogens is 1. The number of nitrogens with one attached hydrogen (secondary N) is 2. The van der Waals surface area contributed by atoms with Gasteiger partial charge in [-0.15, -0.1) is 16.4 Å². The van der Waals surface area contributed by atoms with Crippen molar-refractivity contribution in [3.8, 4) is 0 Å². The van der Waals surface area contributed by atoms with Crippen molar-refractivity contribution in [1.82, 2.24) is 20.1 Å². The van der Waals surface area contributed by atoms with E-state index in [4.69, 9.17) is 0 Å². The highest BCUT2D eigenvalue weighted by Crippen LogP contribution is 2.16. The lowest BCUT2D eigenvalue weighted by molar-refractivity contribution is -0.131. The summed E-state index contributed by atoms with van der Waals surface area (Å²) in [5, 5.41) is 12.1. The summed E-state index contributed by atoms with van der Waals surface area (Å²) in [6.07, 6.45) is 0.669. The topological polar surface area (TPSA) is 91.0 Å². The van der Waals surface area contributed by atoms with E-state index in [1.807, 2.05) is 17.5 Å². The molecule has 0 saturated heterocycles. The SMILES string of the molecule is CN(CC(=O)Nc1ccc(F)cc1)C(=O)CSc1n[nH]c(Cc2cccs2)n1. The van der Waals surface area contributed by atoms with Crippen LogP contribution in [0, 0.1) is 5.82 Å². The monoisotopic (exact) mass is 419 g/mol. The van der Waals surface area contributed by atoms with Crippen molar-refractivity contribution in [1.29, 1.82) is 0 Å². The first kappa shape index (κ1) is 20.0. The standard InChI is InChI=1S/C18H18FN5O2S2/c1-24(10-16(25)20-13-6-4-12(19)5-7-13)17(26)11-28-18-21-15(22-23-18)9-14-3-2-8-27-14/h2-8H,9-11H2,1H3,(H,20,25)(H,21,22,23). The molecule has 1 aromatic carbocycles. The second-order valence-electron chi connectivity index (χ2n) is 5.91. The average molecular weight is 420 g/mol. The van der Waals surface area contributed by atoms with Gasteiger partial charge in [-0.1, -0.05) is 17.8 Å². The molecule has 0 aliphatic rings. The van der Waals surface area contributed by atoms with E-state index in [0.717, 1.165) is 5.82 Å². The molecule has 0 unspecified atom stereocenters. The van der Waals surface area contributed by atoms with E-state index in [0.29, 0.717) is 17.3 Å². The lowest BCUT2D eigenvalue weighted by Gasteiger charge is -2.16. The first-order valence-corrected chi connectivity index (χ1v) is 10.2. The van der Waals surface area contributed by atoms with Gasteiger partial charge in [0.15, 0.2) is 0 Å². The summed E-state index contributed by atoms with van der Waals surface area (Å²) >= 11 is 2.85. The van der Waals surface area contributed by atoms with Crippen molar-refractivity contribution in [2.45, 2.75) is 11.6 Å². The minimum Gasteiger partial charge on any atom is -0.336 e. The fraction of sp³-hybridized carbons (Fsp3) is 0.222. The summed E-state index contributed by atoms with van der Waals surface area (Å²) in [5.41, 5.74) is 0.473. The third-order valence-corrected chi connectivity index (χ3v) is 5.40. The molecule has 2 amide bonds. The third kappa shape index (κ3) is 5.89. The van der Waals surface area contributed by atoms with E-state index in [2.05, 4.69) is 20.5 Å². The van der Waals surface area contributed by atoms with Crippen LogP contribution in [0.4, 0.5) is 10.1 Å². The number of halogens is 1.